The van der Waals surface area contributed by atoms with Gasteiger partial charge in [0.25, 0.3) is 0 Å². The van der Waals surface area contributed by atoms with E-state index in [4.69, 9.17) is 14.5 Å². The maximum absolute atomic E-state index is 6.08. The molecule has 0 bridgehead atoms. The first-order valence-electron chi connectivity index (χ1n) is 11.0. The highest BCUT2D eigenvalue weighted by Crippen LogP contribution is 2.32. The van der Waals surface area contributed by atoms with Gasteiger partial charge in [-0.3, -0.25) is 10.00 Å². The van der Waals surface area contributed by atoms with Gasteiger partial charge >= 0.3 is 0 Å². The van der Waals surface area contributed by atoms with E-state index in [9.17, 15) is 0 Å². The summed E-state index contributed by atoms with van der Waals surface area (Å²) in [6.45, 7) is 7.07. The van der Waals surface area contributed by atoms with Crippen LogP contribution in [0.2, 0.25) is 0 Å². The lowest BCUT2D eigenvalue weighted by molar-refractivity contribution is 0.0322. The number of fused-ring (bicyclic) bond motifs is 1. The van der Waals surface area contributed by atoms with Crippen LogP contribution in [0.15, 0.2) is 60.7 Å². The van der Waals surface area contributed by atoms with Gasteiger partial charge in [-0.1, -0.05) is 30.3 Å². The van der Waals surface area contributed by atoms with Gasteiger partial charge in [0.2, 0.25) is 0 Å². The zero-order chi connectivity index (χ0) is 21.8. The summed E-state index contributed by atoms with van der Waals surface area (Å²) in [5.74, 6) is 2.34. The molecule has 4 aromatic rings. The van der Waals surface area contributed by atoms with Crippen molar-refractivity contribution in [2.75, 3.05) is 44.8 Å². The smallest absolute Gasteiger partial charge is 0.153 e. The first-order chi connectivity index (χ1) is 15.7. The van der Waals surface area contributed by atoms with Crippen molar-refractivity contribution in [1.82, 2.24) is 20.1 Å². The molecular formula is C25H27N5O2. The Kier molecular flexibility index (Phi) is 6.00. The maximum atomic E-state index is 6.08. The fourth-order valence-electron chi connectivity index (χ4n) is 3.94. The normalized spacial score (nSPS) is 14.5. The molecule has 7 nitrogen and oxygen atoms in total. The number of hydrogen-bond donors (Lipinski definition) is 2. The number of benzene rings is 2. The van der Waals surface area contributed by atoms with Crippen LogP contribution in [-0.4, -0.2) is 59.5 Å². The Balaban J connectivity index is 1.43. The average Bonchev–Trinajstić information content (AvgIpc) is 3.24. The largest absolute Gasteiger partial charge is 0.492 e. The number of hydrogen-bond acceptors (Lipinski definition) is 6. The second-order valence-corrected chi connectivity index (χ2v) is 7.97. The highest BCUT2D eigenvalue weighted by molar-refractivity contribution is 5.97. The number of aromatic nitrogens is 3. The molecule has 5 rings (SSSR count). The third-order valence-corrected chi connectivity index (χ3v) is 5.59. The van der Waals surface area contributed by atoms with Crippen LogP contribution in [0.3, 0.4) is 0 Å². The van der Waals surface area contributed by atoms with Crippen molar-refractivity contribution in [3.63, 3.8) is 0 Å². The number of aryl methyl sites for hydroxylation is 1. The summed E-state index contributed by atoms with van der Waals surface area (Å²) in [5.41, 5.74) is 2.99. The van der Waals surface area contributed by atoms with Crippen molar-refractivity contribution in [3.8, 4) is 17.0 Å². The quantitative estimate of drug-likeness (QED) is 0.454. The first kappa shape index (κ1) is 20.5. The Labute approximate surface area is 187 Å². The Morgan fingerprint density at radius 2 is 1.88 bits per heavy atom. The van der Waals surface area contributed by atoms with Gasteiger partial charge in [-0.15, -0.1) is 0 Å². The Morgan fingerprint density at radius 3 is 2.66 bits per heavy atom. The number of nitrogens with zero attached hydrogens (tertiary/aromatic N) is 3. The van der Waals surface area contributed by atoms with E-state index >= 15 is 0 Å². The first-order valence-corrected chi connectivity index (χ1v) is 11.0. The summed E-state index contributed by atoms with van der Waals surface area (Å²) < 4.78 is 11.5. The number of ether oxygens (including phenoxy) is 2. The van der Waals surface area contributed by atoms with Crippen LogP contribution in [0, 0.1) is 6.92 Å². The van der Waals surface area contributed by atoms with Gasteiger partial charge in [-0.05, 0) is 36.6 Å². The van der Waals surface area contributed by atoms with Gasteiger partial charge in [-0.2, -0.15) is 5.10 Å². The number of H-pyrrole nitrogens is 1. The Morgan fingerprint density at radius 1 is 1.03 bits per heavy atom. The second kappa shape index (κ2) is 9.38. The Hall–Kier alpha value is -3.42. The van der Waals surface area contributed by atoms with E-state index in [-0.39, 0.29) is 0 Å². The summed E-state index contributed by atoms with van der Waals surface area (Å²) in [5, 5.41) is 12.7. The van der Waals surface area contributed by atoms with Gasteiger partial charge < -0.3 is 14.8 Å². The molecule has 7 heteroatoms. The molecule has 0 saturated carbocycles. The van der Waals surface area contributed by atoms with Crippen LogP contribution >= 0.6 is 0 Å². The molecule has 0 atom stereocenters. The maximum Gasteiger partial charge on any atom is 0.153 e. The van der Waals surface area contributed by atoms with Gasteiger partial charge in [0.05, 0.1) is 18.9 Å². The van der Waals surface area contributed by atoms with Crippen molar-refractivity contribution in [2.45, 2.75) is 6.92 Å². The van der Waals surface area contributed by atoms with Gasteiger partial charge in [-0.25, -0.2) is 4.98 Å². The molecule has 3 heterocycles. The minimum Gasteiger partial charge on any atom is -0.492 e. The molecule has 32 heavy (non-hydrogen) atoms. The Bertz CT molecular complexity index is 1190. The second-order valence-electron chi connectivity index (χ2n) is 7.97. The van der Waals surface area contributed by atoms with E-state index in [2.05, 4.69) is 44.7 Å². The minimum absolute atomic E-state index is 0.653. The molecule has 1 aliphatic heterocycles. The van der Waals surface area contributed by atoms with E-state index in [1.54, 1.807) is 0 Å². The molecule has 0 spiro atoms. The SMILES string of the molecule is Cc1cc(Nc2cc3cc(OCCN4CCOCC4)ccc3c(-c3ccccc3)n2)n[nH]1. The van der Waals surface area contributed by atoms with E-state index in [0.717, 1.165) is 78.0 Å². The summed E-state index contributed by atoms with van der Waals surface area (Å²) in [7, 11) is 0. The molecule has 164 valence electrons. The number of pyridine rings is 1. The fraction of sp³-hybridized carbons (Fsp3) is 0.280. The molecule has 0 amide bonds. The van der Waals surface area contributed by atoms with Gasteiger partial charge in [0.1, 0.15) is 18.2 Å². The summed E-state index contributed by atoms with van der Waals surface area (Å²) >= 11 is 0. The predicted molar refractivity (Wildman–Crippen MR) is 127 cm³/mol. The number of rotatable bonds is 7. The lowest BCUT2D eigenvalue weighted by Gasteiger charge is -2.26. The topological polar surface area (TPSA) is 75.3 Å². The van der Waals surface area contributed by atoms with Crippen molar-refractivity contribution in [3.05, 3.63) is 66.4 Å². The predicted octanol–water partition coefficient (Wildman–Crippen LogP) is 4.39. The van der Waals surface area contributed by atoms with Crippen LogP contribution in [0.25, 0.3) is 22.0 Å². The molecule has 2 aromatic carbocycles. The number of anilines is 2. The third kappa shape index (κ3) is 4.74. The number of morpholine rings is 1. The zero-order valence-electron chi connectivity index (χ0n) is 18.2. The standard InChI is InChI=1S/C25H27N5O2/c1-18-15-24(29-28-18)26-23-17-20-16-21(32-14-11-30-9-12-31-13-10-30)7-8-22(20)25(27-23)19-5-3-2-4-6-19/h2-8,15-17H,9-14H2,1H3,(H2,26,27,28,29). The molecule has 1 fully saturated rings. The highest BCUT2D eigenvalue weighted by Gasteiger charge is 2.12. The summed E-state index contributed by atoms with van der Waals surface area (Å²) in [4.78, 5) is 7.28. The molecular weight excluding hydrogens is 402 g/mol. The fourth-order valence-corrected chi connectivity index (χ4v) is 3.94. The number of nitrogens with one attached hydrogen (secondary N) is 2. The molecule has 0 aliphatic carbocycles. The average molecular weight is 430 g/mol. The van der Waals surface area contributed by atoms with Gasteiger partial charge in [0, 0.05) is 42.3 Å². The van der Waals surface area contributed by atoms with Gasteiger partial charge in [0.15, 0.2) is 5.82 Å². The molecule has 0 unspecified atom stereocenters. The van der Waals surface area contributed by atoms with Crippen LogP contribution in [-0.2, 0) is 4.74 Å². The van der Waals surface area contributed by atoms with E-state index in [1.165, 1.54) is 0 Å². The van der Waals surface area contributed by atoms with Crippen LogP contribution in [0.1, 0.15) is 5.69 Å². The monoisotopic (exact) mass is 429 g/mol. The van der Waals surface area contributed by atoms with Crippen molar-refractivity contribution < 1.29 is 9.47 Å². The van der Waals surface area contributed by atoms with E-state index < -0.39 is 0 Å². The summed E-state index contributed by atoms with van der Waals surface area (Å²) in [6, 6.07) is 20.4. The third-order valence-electron chi connectivity index (χ3n) is 5.59. The van der Waals surface area contributed by atoms with Crippen molar-refractivity contribution >= 4 is 22.4 Å². The van der Waals surface area contributed by atoms with E-state index in [0.29, 0.717) is 6.61 Å². The van der Waals surface area contributed by atoms with Crippen molar-refractivity contribution in [2.24, 2.45) is 0 Å². The van der Waals surface area contributed by atoms with E-state index in [1.807, 2.05) is 43.3 Å². The lowest BCUT2D eigenvalue weighted by atomic mass is 10.0. The van der Waals surface area contributed by atoms with Crippen LogP contribution in [0.4, 0.5) is 11.6 Å². The molecule has 2 N–H and O–H groups in total. The molecule has 1 saturated heterocycles. The van der Waals surface area contributed by atoms with Crippen molar-refractivity contribution in [1.29, 1.82) is 0 Å². The van der Waals surface area contributed by atoms with Crippen LogP contribution in [0.5, 0.6) is 5.75 Å². The minimum atomic E-state index is 0.653. The van der Waals surface area contributed by atoms with Crippen LogP contribution < -0.4 is 10.1 Å². The lowest BCUT2D eigenvalue weighted by Crippen LogP contribution is -2.38. The molecule has 0 radical (unpaired) electrons. The zero-order valence-corrected chi connectivity index (χ0v) is 18.2. The number of aromatic amines is 1. The molecule has 1 aliphatic rings. The molecule has 2 aromatic heterocycles. The summed E-state index contributed by atoms with van der Waals surface area (Å²) in [6.07, 6.45) is 0. The highest BCUT2D eigenvalue weighted by atomic mass is 16.5.